The molecule has 23 heavy (non-hydrogen) atoms. The van der Waals surface area contributed by atoms with Crippen molar-refractivity contribution in [1.29, 1.82) is 0 Å². The molecule has 1 saturated carbocycles. The standard InChI is InChI=1S/C18H28O5/c1-17(2,22-5)11-6-7-18(3)12(11)8-10-15(20)14(21-4)9-13(19)16(10)23-18/h11-14,19H,6-9H2,1-5H3. The summed E-state index contributed by atoms with van der Waals surface area (Å²) in [5.41, 5.74) is 0.0262. The minimum atomic E-state index is -0.750. The fraction of sp³-hybridized carbons (Fsp3) is 0.833. The van der Waals surface area contributed by atoms with Gasteiger partial charge in [0.2, 0.25) is 0 Å². The Hall–Kier alpha value is -0.910. The number of Topliss-reactive ketones (excluding diaryl/α,β-unsaturated/α-hetero) is 1. The van der Waals surface area contributed by atoms with E-state index in [4.69, 9.17) is 14.2 Å². The van der Waals surface area contributed by atoms with Gasteiger partial charge in [-0.15, -0.1) is 0 Å². The molecule has 130 valence electrons. The van der Waals surface area contributed by atoms with Gasteiger partial charge in [0, 0.05) is 32.1 Å². The molecule has 0 aromatic rings. The van der Waals surface area contributed by atoms with Gasteiger partial charge in [0.1, 0.15) is 23.6 Å². The van der Waals surface area contributed by atoms with Gasteiger partial charge in [0.25, 0.3) is 0 Å². The van der Waals surface area contributed by atoms with Gasteiger partial charge in [-0.2, -0.15) is 0 Å². The summed E-state index contributed by atoms with van der Waals surface area (Å²) >= 11 is 0. The largest absolute Gasteiger partial charge is 0.488 e. The van der Waals surface area contributed by atoms with Crippen LogP contribution in [0.3, 0.4) is 0 Å². The van der Waals surface area contributed by atoms with Gasteiger partial charge in [-0.25, -0.2) is 0 Å². The highest BCUT2D eigenvalue weighted by atomic mass is 16.5. The van der Waals surface area contributed by atoms with Gasteiger partial charge in [-0.05, 0) is 46.0 Å². The number of carbonyl (C=O) groups excluding carboxylic acids is 1. The third kappa shape index (κ3) is 2.53. The van der Waals surface area contributed by atoms with E-state index in [1.54, 1.807) is 7.11 Å². The zero-order valence-corrected chi connectivity index (χ0v) is 14.7. The maximum absolute atomic E-state index is 12.6. The molecule has 2 aliphatic carbocycles. The van der Waals surface area contributed by atoms with Crippen LogP contribution in [0.4, 0.5) is 0 Å². The molecule has 0 bridgehead atoms. The molecule has 1 fully saturated rings. The van der Waals surface area contributed by atoms with Gasteiger partial charge < -0.3 is 19.3 Å². The van der Waals surface area contributed by atoms with E-state index in [2.05, 4.69) is 20.8 Å². The van der Waals surface area contributed by atoms with Gasteiger partial charge in [0.15, 0.2) is 5.78 Å². The first-order valence-electron chi connectivity index (χ1n) is 8.46. The first-order valence-corrected chi connectivity index (χ1v) is 8.46. The Morgan fingerprint density at radius 1 is 1.35 bits per heavy atom. The lowest BCUT2D eigenvalue weighted by Gasteiger charge is -2.46. The number of carbonyl (C=O) groups is 1. The summed E-state index contributed by atoms with van der Waals surface area (Å²) in [6.07, 6.45) is 1.52. The normalized spacial score (nSPS) is 40.7. The molecule has 1 aliphatic heterocycles. The highest BCUT2D eigenvalue weighted by Gasteiger charge is 2.57. The lowest BCUT2D eigenvalue weighted by molar-refractivity contribution is -0.138. The second-order valence-corrected chi connectivity index (χ2v) is 7.86. The van der Waals surface area contributed by atoms with Gasteiger partial charge >= 0.3 is 0 Å². The molecule has 3 aliphatic rings. The highest BCUT2D eigenvalue weighted by Crippen LogP contribution is 2.55. The van der Waals surface area contributed by atoms with E-state index in [1.807, 2.05) is 0 Å². The molecular formula is C18H28O5. The van der Waals surface area contributed by atoms with E-state index in [0.29, 0.717) is 23.7 Å². The van der Waals surface area contributed by atoms with Crippen LogP contribution in [-0.2, 0) is 19.0 Å². The van der Waals surface area contributed by atoms with Crippen molar-refractivity contribution in [1.82, 2.24) is 0 Å². The highest BCUT2D eigenvalue weighted by molar-refractivity contribution is 6.00. The second kappa shape index (κ2) is 5.57. The van der Waals surface area contributed by atoms with Crippen molar-refractivity contribution in [2.24, 2.45) is 11.8 Å². The molecule has 0 saturated heterocycles. The third-order valence-corrected chi connectivity index (χ3v) is 6.32. The van der Waals surface area contributed by atoms with Crippen LogP contribution in [0.15, 0.2) is 11.3 Å². The molecule has 5 unspecified atom stereocenters. The summed E-state index contributed by atoms with van der Waals surface area (Å²) in [7, 11) is 3.25. The first-order chi connectivity index (χ1) is 10.7. The van der Waals surface area contributed by atoms with Crippen molar-refractivity contribution in [3.8, 4) is 0 Å². The Morgan fingerprint density at radius 3 is 2.65 bits per heavy atom. The van der Waals surface area contributed by atoms with E-state index in [0.717, 1.165) is 12.8 Å². The molecule has 5 atom stereocenters. The molecular weight excluding hydrogens is 296 g/mol. The first kappa shape index (κ1) is 16.9. The number of aliphatic hydroxyl groups excluding tert-OH is 1. The Balaban J connectivity index is 1.96. The Morgan fingerprint density at radius 2 is 2.04 bits per heavy atom. The number of hydrogen-bond donors (Lipinski definition) is 1. The van der Waals surface area contributed by atoms with Crippen LogP contribution < -0.4 is 0 Å². The topological polar surface area (TPSA) is 65.0 Å². The molecule has 0 amide bonds. The van der Waals surface area contributed by atoms with Crippen molar-refractivity contribution in [3.63, 3.8) is 0 Å². The summed E-state index contributed by atoms with van der Waals surface area (Å²) < 4.78 is 17.2. The number of aliphatic hydroxyl groups is 1. The fourth-order valence-corrected chi connectivity index (χ4v) is 4.66. The van der Waals surface area contributed by atoms with Crippen molar-refractivity contribution in [2.75, 3.05) is 14.2 Å². The maximum Gasteiger partial charge on any atom is 0.191 e. The Kier molecular flexibility index (Phi) is 4.10. The molecule has 1 N–H and O–H groups in total. The zero-order valence-electron chi connectivity index (χ0n) is 14.7. The summed E-state index contributed by atoms with van der Waals surface area (Å²) in [6, 6.07) is 0. The van der Waals surface area contributed by atoms with Crippen LogP contribution in [0, 0.1) is 11.8 Å². The number of methoxy groups -OCH3 is 2. The molecule has 3 rings (SSSR count). The number of hydrogen-bond acceptors (Lipinski definition) is 5. The average molecular weight is 324 g/mol. The number of fused-ring (bicyclic) bond motifs is 1. The molecule has 5 heteroatoms. The van der Waals surface area contributed by atoms with Crippen LogP contribution in [0.5, 0.6) is 0 Å². The van der Waals surface area contributed by atoms with Crippen LogP contribution >= 0.6 is 0 Å². The third-order valence-electron chi connectivity index (χ3n) is 6.32. The monoisotopic (exact) mass is 324 g/mol. The SMILES string of the molecule is COC1CC(O)C2=C(CC3C(C(C)(C)OC)CCC3(C)O2)C1=O. The molecule has 0 spiro atoms. The summed E-state index contributed by atoms with van der Waals surface area (Å²) in [6.45, 7) is 6.30. The van der Waals surface area contributed by atoms with E-state index < -0.39 is 12.2 Å². The second-order valence-electron chi connectivity index (χ2n) is 7.86. The van der Waals surface area contributed by atoms with Crippen molar-refractivity contribution in [2.45, 2.75) is 69.9 Å². The van der Waals surface area contributed by atoms with Crippen LogP contribution in [0.1, 0.15) is 46.5 Å². The zero-order chi connectivity index (χ0) is 17.0. The van der Waals surface area contributed by atoms with E-state index >= 15 is 0 Å². The molecule has 5 nitrogen and oxygen atoms in total. The van der Waals surface area contributed by atoms with Gasteiger partial charge in [0.05, 0.1) is 5.60 Å². The Bertz CT molecular complexity index is 538. The molecule has 1 heterocycles. The number of ether oxygens (including phenoxy) is 3. The minimum Gasteiger partial charge on any atom is -0.488 e. The lowest BCUT2D eigenvalue weighted by atomic mass is 9.71. The van der Waals surface area contributed by atoms with E-state index in [9.17, 15) is 9.90 Å². The average Bonchev–Trinajstić information content (AvgIpc) is 2.86. The summed E-state index contributed by atoms with van der Waals surface area (Å²) in [5.74, 6) is 0.982. The summed E-state index contributed by atoms with van der Waals surface area (Å²) in [5, 5.41) is 10.4. The smallest absolute Gasteiger partial charge is 0.191 e. The van der Waals surface area contributed by atoms with Gasteiger partial charge in [-0.1, -0.05) is 0 Å². The molecule has 0 radical (unpaired) electrons. The van der Waals surface area contributed by atoms with E-state index in [1.165, 1.54) is 7.11 Å². The van der Waals surface area contributed by atoms with Crippen molar-refractivity contribution >= 4 is 5.78 Å². The van der Waals surface area contributed by atoms with Gasteiger partial charge in [-0.3, -0.25) is 4.79 Å². The predicted octanol–water partition coefficient (Wildman–Crippen LogP) is 2.22. The number of rotatable bonds is 3. The Labute approximate surface area is 138 Å². The molecule has 0 aromatic carbocycles. The quantitative estimate of drug-likeness (QED) is 0.862. The van der Waals surface area contributed by atoms with Crippen LogP contribution in [-0.4, -0.2) is 48.5 Å². The predicted molar refractivity (Wildman–Crippen MR) is 84.9 cm³/mol. The minimum absolute atomic E-state index is 0.0317. The van der Waals surface area contributed by atoms with Crippen molar-refractivity contribution in [3.05, 3.63) is 11.3 Å². The van der Waals surface area contributed by atoms with E-state index in [-0.39, 0.29) is 29.3 Å². The van der Waals surface area contributed by atoms with Crippen molar-refractivity contribution < 1.29 is 24.1 Å². The lowest BCUT2D eigenvalue weighted by Crippen LogP contribution is -2.49. The molecule has 0 aromatic heterocycles. The maximum atomic E-state index is 12.6. The summed E-state index contributed by atoms with van der Waals surface area (Å²) in [4.78, 5) is 12.6. The van der Waals surface area contributed by atoms with Crippen LogP contribution in [0.25, 0.3) is 0 Å². The van der Waals surface area contributed by atoms with Crippen LogP contribution in [0.2, 0.25) is 0 Å². The number of ketones is 1. The fourth-order valence-electron chi connectivity index (χ4n) is 4.66.